The van der Waals surface area contributed by atoms with E-state index in [1.807, 2.05) is 24.3 Å². The summed E-state index contributed by atoms with van der Waals surface area (Å²) in [7, 11) is 0. The lowest BCUT2D eigenvalue weighted by Crippen LogP contribution is -2.47. The van der Waals surface area contributed by atoms with E-state index in [1.54, 1.807) is 0 Å². The molecule has 0 radical (unpaired) electrons. The molecular weight excluding hydrogens is 294 g/mol. The van der Waals surface area contributed by atoms with Crippen molar-refractivity contribution in [3.05, 3.63) is 29.8 Å². The Labute approximate surface area is 137 Å². The van der Waals surface area contributed by atoms with Crippen LogP contribution in [0.1, 0.15) is 25.0 Å². The van der Waals surface area contributed by atoms with Crippen LogP contribution in [-0.2, 0) is 4.79 Å². The molecule has 0 aliphatic carbocycles. The normalized spacial score (nSPS) is 17.9. The van der Waals surface area contributed by atoms with Crippen LogP contribution >= 0.6 is 0 Å². The molecule has 1 saturated heterocycles. The highest BCUT2D eigenvalue weighted by Gasteiger charge is 2.17. The first-order valence-electron chi connectivity index (χ1n) is 8.19. The zero-order valence-corrected chi connectivity index (χ0v) is 13.7. The van der Waals surface area contributed by atoms with Gasteiger partial charge in [0.05, 0.1) is 12.7 Å². The molecule has 1 heterocycles. The van der Waals surface area contributed by atoms with E-state index in [0.717, 1.165) is 50.5 Å². The number of hydrogen-bond donors (Lipinski definition) is 3. The van der Waals surface area contributed by atoms with Gasteiger partial charge < -0.3 is 20.4 Å². The van der Waals surface area contributed by atoms with Crippen molar-refractivity contribution in [1.29, 1.82) is 0 Å². The lowest BCUT2D eigenvalue weighted by Gasteiger charge is -2.34. The van der Waals surface area contributed by atoms with Gasteiger partial charge in [-0.3, -0.25) is 9.69 Å². The summed E-state index contributed by atoms with van der Waals surface area (Å²) in [5.74, 6) is -0.0985. The van der Waals surface area contributed by atoms with Crippen molar-refractivity contribution in [3.8, 4) is 0 Å². The third-order valence-corrected chi connectivity index (χ3v) is 4.22. The Hall–Kier alpha value is -1.47. The van der Waals surface area contributed by atoms with Gasteiger partial charge in [0.15, 0.2) is 0 Å². The third kappa shape index (κ3) is 5.91. The number of hydrogen-bond acceptors (Lipinski definition) is 5. The van der Waals surface area contributed by atoms with Crippen LogP contribution < -0.4 is 5.32 Å². The average molecular weight is 321 g/mol. The summed E-state index contributed by atoms with van der Waals surface area (Å²) in [6, 6.07) is 7.34. The van der Waals surface area contributed by atoms with Crippen molar-refractivity contribution in [2.75, 3.05) is 51.2 Å². The topological polar surface area (TPSA) is 76.0 Å². The largest absolute Gasteiger partial charge is 0.395 e. The van der Waals surface area contributed by atoms with Crippen LogP contribution in [0.2, 0.25) is 0 Å². The number of β-amino-alcohol motifs (C(OH)–C–C–N with tert-alkyl or cyclic N) is 1. The molecule has 6 heteroatoms. The van der Waals surface area contributed by atoms with E-state index >= 15 is 0 Å². The fourth-order valence-corrected chi connectivity index (χ4v) is 2.84. The summed E-state index contributed by atoms with van der Waals surface area (Å²) in [5.41, 5.74) is 1.62. The Morgan fingerprint density at radius 1 is 1.13 bits per heavy atom. The van der Waals surface area contributed by atoms with Crippen molar-refractivity contribution >= 4 is 11.6 Å². The standard InChI is InChI=1S/C17H27N3O3/c1-14(22)18-16-4-2-15(3-5-16)17(23)6-7-19-8-10-20(11-9-19)12-13-21/h2-5,17,21,23H,6-13H2,1H3,(H,18,22). The SMILES string of the molecule is CC(=O)Nc1ccc(C(O)CCN2CCN(CCO)CC2)cc1. The van der Waals surface area contributed by atoms with E-state index in [1.165, 1.54) is 6.92 Å². The summed E-state index contributed by atoms with van der Waals surface area (Å²) in [6.45, 7) is 7.21. The number of carbonyl (C=O) groups excluding carboxylic acids is 1. The summed E-state index contributed by atoms with van der Waals surface area (Å²) < 4.78 is 0. The summed E-state index contributed by atoms with van der Waals surface area (Å²) >= 11 is 0. The second kappa shape index (κ2) is 8.98. The van der Waals surface area contributed by atoms with Crippen molar-refractivity contribution in [3.63, 3.8) is 0 Å². The van der Waals surface area contributed by atoms with Crippen molar-refractivity contribution in [1.82, 2.24) is 9.80 Å². The van der Waals surface area contributed by atoms with Crippen LogP contribution in [0.5, 0.6) is 0 Å². The maximum absolute atomic E-state index is 11.0. The smallest absolute Gasteiger partial charge is 0.221 e. The van der Waals surface area contributed by atoms with Crippen molar-refractivity contribution < 1.29 is 15.0 Å². The fraction of sp³-hybridized carbons (Fsp3) is 0.588. The zero-order chi connectivity index (χ0) is 16.7. The average Bonchev–Trinajstić information content (AvgIpc) is 2.54. The maximum atomic E-state index is 11.0. The molecule has 3 N–H and O–H groups in total. The molecule has 1 fully saturated rings. The number of benzene rings is 1. The highest BCUT2D eigenvalue weighted by Crippen LogP contribution is 2.19. The number of piperazine rings is 1. The quantitative estimate of drug-likeness (QED) is 0.688. The Bertz CT molecular complexity index is 484. The molecule has 2 rings (SSSR count). The van der Waals surface area contributed by atoms with Crippen LogP contribution in [0.3, 0.4) is 0 Å². The minimum Gasteiger partial charge on any atom is -0.395 e. The molecule has 0 aromatic heterocycles. The Morgan fingerprint density at radius 2 is 1.70 bits per heavy atom. The maximum Gasteiger partial charge on any atom is 0.221 e. The summed E-state index contributed by atoms with van der Waals surface area (Å²) in [5, 5.41) is 22.0. The van der Waals surface area contributed by atoms with Crippen molar-refractivity contribution in [2.24, 2.45) is 0 Å². The Morgan fingerprint density at radius 3 is 2.22 bits per heavy atom. The molecule has 1 aromatic carbocycles. The first kappa shape index (κ1) is 17.9. The molecule has 1 aliphatic heterocycles. The van der Waals surface area contributed by atoms with Crippen molar-refractivity contribution in [2.45, 2.75) is 19.4 Å². The number of nitrogens with one attached hydrogen (secondary N) is 1. The molecule has 1 aromatic rings. The third-order valence-electron chi connectivity index (χ3n) is 4.22. The first-order valence-corrected chi connectivity index (χ1v) is 8.19. The van der Waals surface area contributed by atoms with Gasteiger partial charge in [0, 0.05) is 51.9 Å². The molecule has 0 saturated carbocycles. The number of amides is 1. The van der Waals surface area contributed by atoms with Gasteiger partial charge >= 0.3 is 0 Å². The number of rotatable bonds is 7. The van der Waals surface area contributed by atoms with Gasteiger partial charge in [-0.05, 0) is 24.1 Å². The molecule has 1 unspecified atom stereocenters. The molecule has 1 amide bonds. The summed E-state index contributed by atoms with van der Waals surface area (Å²) in [4.78, 5) is 15.6. The van der Waals surface area contributed by atoms with Gasteiger partial charge in [0.25, 0.3) is 0 Å². The van der Waals surface area contributed by atoms with Gasteiger partial charge in [-0.2, -0.15) is 0 Å². The summed E-state index contributed by atoms with van der Waals surface area (Å²) in [6.07, 6.45) is 0.205. The predicted octanol–water partition coefficient (Wildman–Crippen LogP) is 0.678. The van der Waals surface area contributed by atoms with Gasteiger partial charge in [0.2, 0.25) is 5.91 Å². The highest BCUT2D eigenvalue weighted by atomic mass is 16.3. The van der Waals surface area contributed by atoms with E-state index in [4.69, 9.17) is 5.11 Å². The molecule has 1 aliphatic rings. The van der Waals surface area contributed by atoms with Gasteiger partial charge in [-0.15, -0.1) is 0 Å². The molecule has 0 spiro atoms. The molecule has 0 bridgehead atoms. The van der Waals surface area contributed by atoms with Crippen LogP contribution in [0, 0.1) is 0 Å². The molecule has 1 atom stereocenters. The van der Waals surface area contributed by atoms with E-state index in [9.17, 15) is 9.90 Å². The number of anilines is 1. The highest BCUT2D eigenvalue weighted by molar-refractivity contribution is 5.88. The van der Waals surface area contributed by atoms with Crippen LogP contribution in [0.4, 0.5) is 5.69 Å². The Kier molecular flexibility index (Phi) is 6.98. The van der Waals surface area contributed by atoms with Gasteiger partial charge in [-0.25, -0.2) is 0 Å². The second-order valence-corrected chi connectivity index (χ2v) is 6.01. The van der Waals surface area contributed by atoms with E-state index in [-0.39, 0.29) is 12.5 Å². The van der Waals surface area contributed by atoms with Gasteiger partial charge in [0.1, 0.15) is 0 Å². The number of nitrogens with zero attached hydrogens (tertiary/aromatic N) is 2. The predicted molar refractivity (Wildman–Crippen MR) is 90.3 cm³/mol. The van der Waals surface area contributed by atoms with Gasteiger partial charge in [-0.1, -0.05) is 12.1 Å². The number of aliphatic hydroxyl groups excluding tert-OH is 2. The molecule has 128 valence electrons. The van der Waals surface area contributed by atoms with E-state index in [2.05, 4.69) is 15.1 Å². The number of aliphatic hydroxyl groups is 2. The van der Waals surface area contributed by atoms with Crippen LogP contribution in [-0.4, -0.2) is 71.8 Å². The lowest BCUT2D eigenvalue weighted by molar-refractivity contribution is -0.114. The zero-order valence-electron chi connectivity index (χ0n) is 13.7. The fourth-order valence-electron chi connectivity index (χ4n) is 2.84. The van der Waals surface area contributed by atoms with Crippen LogP contribution in [0.15, 0.2) is 24.3 Å². The first-order chi connectivity index (χ1) is 11.1. The number of carbonyl (C=O) groups is 1. The van der Waals surface area contributed by atoms with Crippen LogP contribution in [0.25, 0.3) is 0 Å². The monoisotopic (exact) mass is 321 g/mol. The van der Waals surface area contributed by atoms with E-state index in [0.29, 0.717) is 6.42 Å². The second-order valence-electron chi connectivity index (χ2n) is 6.01. The van der Waals surface area contributed by atoms with E-state index < -0.39 is 6.10 Å². The Balaban J connectivity index is 1.74. The molecular formula is C17H27N3O3. The lowest BCUT2D eigenvalue weighted by atomic mass is 10.1. The molecule has 23 heavy (non-hydrogen) atoms. The minimum atomic E-state index is -0.489. The molecule has 6 nitrogen and oxygen atoms in total. The minimum absolute atomic E-state index is 0.0985.